The number of unbranched alkanes of at least 4 members (excludes halogenated alkanes) is 4. The van der Waals surface area contributed by atoms with E-state index in [-0.39, 0.29) is 22.6 Å². The highest BCUT2D eigenvalue weighted by Gasteiger charge is 2.19. The molecule has 0 amide bonds. The molecule has 0 bridgehead atoms. The second-order valence-electron chi connectivity index (χ2n) is 6.24. The summed E-state index contributed by atoms with van der Waals surface area (Å²) >= 11 is 0. The van der Waals surface area contributed by atoms with Crippen LogP contribution in [0.5, 0.6) is 5.75 Å². The van der Waals surface area contributed by atoms with E-state index in [9.17, 15) is 19.7 Å². The second-order valence-corrected chi connectivity index (χ2v) is 6.24. The third kappa shape index (κ3) is 6.19. The average molecular weight is 385 g/mol. The summed E-state index contributed by atoms with van der Waals surface area (Å²) in [5.41, 5.74) is 0.0996. The van der Waals surface area contributed by atoms with Gasteiger partial charge in [0.25, 0.3) is 5.69 Å². The van der Waals surface area contributed by atoms with E-state index < -0.39 is 16.9 Å². The summed E-state index contributed by atoms with van der Waals surface area (Å²) in [6.45, 7) is 2.43. The predicted octanol–water partition coefficient (Wildman–Crippen LogP) is 4.94. The number of nitro groups is 1. The molecule has 0 aliphatic heterocycles. The van der Waals surface area contributed by atoms with Gasteiger partial charge in [-0.3, -0.25) is 10.1 Å². The van der Waals surface area contributed by atoms with Gasteiger partial charge in [0.15, 0.2) is 0 Å². The Morgan fingerprint density at radius 2 is 1.50 bits per heavy atom. The van der Waals surface area contributed by atoms with Crippen LogP contribution in [-0.4, -0.2) is 23.5 Å². The van der Waals surface area contributed by atoms with Gasteiger partial charge >= 0.3 is 11.9 Å². The standard InChI is InChI=1S/C21H23NO6/c1-2-3-4-5-8-15-27-20(23)18-9-6-7-10-19(18)21(24)28-17-13-11-16(12-14-17)22(25)26/h6-7,9-14H,2-5,8,15H2,1H3. The highest BCUT2D eigenvalue weighted by Crippen LogP contribution is 2.20. The van der Waals surface area contributed by atoms with Gasteiger partial charge in [0.2, 0.25) is 0 Å². The summed E-state index contributed by atoms with van der Waals surface area (Å²) in [7, 11) is 0. The maximum Gasteiger partial charge on any atom is 0.344 e. The minimum absolute atomic E-state index is 0.0804. The minimum atomic E-state index is -0.732. The molecule has 0 saturated heterocycles. The lowest BCUT2D eigenvalue weighted by atomic mass is 10.1. The molecule has 0 fully saturated rings. The smallest absolute Gasteiger partial charge is 0.344 e. The number of carbonyl (C=O) groups is 2. The first-order chi connectivity index (χ1) is 13.5. The Morgan fingerprint density at radius 3 is 2.11 bits per heavy atom. The van der Waals surface area contributed by atoms with Gasteiger partial charge in [-0.1, -0.05) is 44.7 Å². The number of nitro benzene ring substituents is 1. The van der Waals surface area contributed by atoms with Crippen molar-refractivity contribution in [3.8, 4) is 5.75 Å². The Labute approximate surface area is 163 Å². The molecule has 2 aromatic carbocycles. The first-order valence-electron chi connectivity index (χ1n) is 9.25. The zero-order valence-electron chi connectivity index (χ0n) is 15.8. The highest BCUT2D eigenvalue weighted by molar-refractivity contribution is 6.03. The van der Waals surface area contributed by atoms with Crippen molar-refractivity contribution in [2.75, 3.05) is 6.61 Å². The molecule has 7 heteroatoms. The van der Waals surface area contributed by atoms with Crippen LogP contribution in [-0.2, 0) is 4.74 Å². The number of carbonyl (C=O) groups excluding carboxylic acids is 2. The normalized spacial score (nSPS) is 10.3. The molecule has 0 unspecified atom stereocenters. The lowest BCUT2D eigenvalue weighted by molar-refractivity contribution is -0.384. The fourth-order valence-electron chi connectivity index (χ4n) is 2.59. The van der Waals surface area contributed by atoms with Crippen LogP contribution in [0, 0.1) is 10.1 Å². The van der Waals surface area contributed by atoms with E-state index in [4.69, 9.17) is 9.47 Å². The van der Waals surface area contributed by atoms with Gasteiger partial charge in [-0.2, -0.15) is 0 Å². The van der Waals surface area contributed by atoms with E-state index in [2.05, 4.69) is 6.92 Å². The van der Waals surface area contributed by atoms with Gasteiger partial charge in [-0.25, -0.2) is 9.59 Å². The van der Waals surface area contributed by atoms with Gasteiger partial charge in [0, 0.05) is 12.1 Å². The molecule has 0 aliphatic carbocycles. The zero-order valence-corrected chi connectivity index (χ0v) is 15.8. The number of hydrogen-bond acceptors (Lipinski definition) is 6. The third-order valence-corrected chi connectivity index (χ3v) is 4.11. The van der Waals surface area contributed by atoms with Crippen LogP contribution in [0.15, 0.2) is 48.5 Å². The molecule has 0 atom stereocenters. The molecule has 148 valence electrons. The maximum absolute atomic E-state index is 12.4. The van der Waals surface area contributed by atoms with E-state index in [1.54, 1.807) is 12.1 Å². The summed E-state index contributed by atoms with van der Waals surface area (Å²) in [6.07, 6.45) is 5.17. The second kappa shape index (κ2) is 10.8. The first kappa shape index (κ1) is 21.1. The Morgan fingerprint density at radius 1 is 0.893 bits per heavy atom. The molecule has 0 radical (unpaired) electrons. The number of nitrogens with zero attached hydrogens (tertiary/aromatic N) is 1. The maximum atomic E-state index is 12.4. The molecular formula is C21H23NO6. The van der Waals surface area contributed by atoms with Crippen LogP contribution in [0.25, 0.3) is 0 Å². The Balaban J connectivity index is 1.98. The molecule has 0 aliphatic rings. The molecule has 2 rings (SSSR count). The topological polar surface area (TPSA) is 95.7 Å². The molecule has 0 heterocycles. The van der Waals surface area contributed by atoms with Crippen LogP contribution in [0.2, 0.25) is 0 Å². The fraction of sp³-hybridized carbons (Fsp3) is 0.333. The summed E-state index contributed by atoms with van der Waals surface area (Å²) in [4.78, 5) is 34.9. The van der Waals surface area contributed by atoms with Crippen molar-refractivity contribution >= 4 is 17.6 Å². The van der Waals surface area contributed by atoms with Crippen molar-refractivity contribution in [2.45, 2.75) is 39.0 Å². The number of non-ortho nitro benzene ring substituents is 1. The van der Waals surface area contributed by atoms with Crippen LogP contribution in [0.4, 0.5) is 5.69 Å². The molecule has 28 heavy (non-hydrogen) atoms. The molecule has 0 N–H and O–H groups in total. The number of ether oxygens (including phenoxy) is 2. The average Bonchev–Trinajstić information content (AvgIpc) is 2.70. The molecule has 2 aromatic rings. The van der Waals surface area contributed by atoms with Crippen molar-refractivity contribution in [1.29, 1.82) is 0 Å². The van der Waals surface area contributed by atoms with E-state index >= 15 is 0 Å². The van der Waals surface area contributed by atoms with Gasteiger partial charge in [0.1, 0.15) is 5.75 Å². The number of esters is 2. The summed E-state index contributed by atoms with van der Waals surface area (Å²) in [6, 6.07) is 11.4. The van der Waals surface area contributed by atoms with Crippen LogP contribution in [0.1, 0.15) is 59.7 Å². The van der Waals surface area contributed by atoms with Crippen molar-refractivity contribution in [3.63, 3.8) is 0 Å². The van der Waals surface area contributed by atoms with E-state index in [1.165, 1.54) is 36.4 Å². The fourth-order valence-corrected chi connectivity index (χ4v) is 2.59. The summed E-state index contributed by atoms with van der Waals surface area (Å²) in [5, 5.41) is 10.7. The van der Waals surface area contributed by atoms with Crippen molar-refractivity contribution in [3.05, 3.63) is 69.8 Å². The number of hydrogen-bond donors (Lipinski definition) is 0. The van der Waals surface area contributed by atoms with Crippen molar-refractivity contribution in [2.24, 2.45) is 0 Å². The van der Waals surface area contributed by atoms with Crippen molar-refractivity contribution in [1.82, 2.24) is 0 Å². The highest BCUT2D eigenvalue weighted by atomic mass is 16.6. The minimum Gasteiger partial charge on any atom is -0.462 e. The van der Waals surface area contributed by atoms with Gasteiger partial charge < -0.3 is 9.47 Å². The van der Waals surface area contributed by atoms with Crippen LogP contribution in [0.3, 0.4) is 0 Å². The lowest BCUT2D eigenvalue weighted by Crippen LogP contribution is -2.16. The Hall–Kier alpha value is -3.22. The van der Waals surface area contributed by atoms with Gasteiger partial charge in [0.05, 0.1) is 22.7 Å². The predicted molar refractivity (Wildman–Crippen MR) is 104 cm³/mol. The van der Waals surface area contributed by atoms with E-state index in [0.717, 1.165) is 32.1 Å². The Kier molecular flexibility index (Phi) is 8.14. The van der Waals surface area contributed by atoms with Crippen molar-refractivity contribution < 1.29 is 24.0 Å². The first-order valence-corrected chi connectivity index (χ1v) is 9.25. The largest absolute Gasteiger partial charge is 0.462 e. The molecule has 0 spiro atoms. The van der Waals surface area contributed by atoms with E-state index in [0.29, 0.717) is 6.61 Å². The third-order valence-electron chi connectivity index (χ3n) is 4.11. The molecule has 0 saturated carbocycles. The van der Waals surface area contributed by atoms with E-state index in [1.807, 2.05) is 0 Å². The van der Waals surface area contributed by atoms with Gasteiger partial charge in [-0.15, -0.1) is 0 Å². The molecule has 7 nitrogen and oxygen atoms in total. The number of rotatable bonds is 10. The molecule has 0 aromatic heterocycles. The Bertz CT molecular complexity index is 816. The lowest BCUT2D eigenvalue weighted by Gasteiger charge is -2.09. The van der Waals surface area contributed by atoms with Crippen LogP contribution >= 0.6 is 0 Å². The molecular weight excluding hydrogens is 362 g/mol. The SMILES string of the molecule is CCCCCCCOC(=O)c1ccccc1C(=O)Oc1ccc([N+](=O)[O-])cc1. The van der Waals surface area contributed by atoms with Crippen LogP contribution < -0.4 is 4.74 Å². The summed E-state index contributed by atoms with van der Waals surface area (Å²) in [5.74, 6) is -1.16. The number of benzene rings is 2. The summed E-state index contributed by atoms with van der Waals surface area (Å²) < 4.78 is 10.5. The quantitative estimate of drug-likeness (QED) is 0.189. The van der Waals surface area contributed by atoms with Gasteiger partial charge in [-0.05, 0) is 30.7 Å². The monoisotopic (exact) mass is 385 g/mol. The zero-order chi connectivity index (χ0) is 20.4.